The van der Waals surface area contributed by atoms with Crippen molar-refractivity contribution in [3.05, 3.63) is 12.7 Å². The van der Waals surface area contributed by atoms with Gasteiger partial charge in [0.2, 0.25) is 0 Å². The highest BCUT2D eigenvalue weighted by Gasteiger charge is 2.38. The Hall–Kier alpha value is -1.52. The third kappa shape index (κ3) is 7.06. The third-order valence-corrected chi connectivity index (χ3v) is 3.93. The Morgan fingerprint density at radius 1 is 1.52 bits per heavy atom. The second-order valence-electron chi connectivity index (χ2n) is 7.57. The van der Waals surface area contributed by atoms with E-state index in [1.54, 1.807) is 0 Å². The molecule has 4 atom stereocenters. The fraction of sp³-hybridized carbons (Fsp3) is 0.778. The Labute approximate surface area is 139 Å². The van der Waals surface area contributed by atoms with Gasteiger partial charge in [-0.05, 0) is 52.4 Å². The highest BCUT2D eigenvalue weighted by atomic mass is 16.6. The van der Waals surface area contributed by atoms with Crippen LogP contribution in [0.5, 0.6) is 0 Å². The molecule has 0 aliphatic carbocycles. The smallest absolute Gasteiger partial charge is 0.408 e. The summed E-state index contributed by atoms with van der Waals surface area (Å²) in [6, 6.07) is -0.224. The number of hydrogen-bond acceptors (Lipinski definition) is 4. The number of rotatable bonds is 7. The van der Waals surface area contributed by atoms with E-state index in [2.05, 4.69) is 18.8 Å². The number of nitrogens with one attached hydrogen (secondary N) is 1. The predicted molar refractivity (Wildman–Crippen MR) is 90.0 cm³/mol. The molecule has 3 unspecified atom stereocenters. The number of hydrogen-bond donors (Lipinski definition) is 1. The van der Waals surface area contributed by atoms with Gasteiger partial charge in [0.15, 0.2) is 0 Å². The lowest BCUT2D eigenvalue weighted by Gasteiger charge is -2.28. The minimum atomic E-state index is -0.553. The summed E-state index contributed by atoms with van der Waals surface area (Å²) in [5.41, 5.74) is -0.553. The SMILES string of the molecule is C=CCC[C@@H](C)CC(NC(=O)OC(C)(C)C)C1CC(C)C(=O)O1. The average molecular weight is 325 g/mol. The van der Waals surface area contributed by atoms with Crippen LogP contribution in [0.25, 0.3) is 0 Å². The highest BCUT2D eigenvalue weighted by Crippen LogP contribution is 2.27. The van der Waals surface area contributed by atoms with E-state index in [4.69, 9.17) is 9.47 Å². The zero-order valence-corrected chi connectivity index (χ0v) is 15.1. The van der Waals surface area contributed by atoms with Gasteiger partial charge in [0, 0.05) is 0 Å². The first-order chi connectivity index (χ1) is 10.6. The Kier molecular flexibility index (Phi) is 7.10. The van der Waals surface area contributed by atoms with E-state index in [-0.39, 0.29) is 24.0 Å². The molecule has 0 aromatic carbocycles. The molecule has 1 aliphatic rings. The van der Waals surface area contributed by atoms with Gasteiger partial charge in [-0.1, -0.05) is 19.9 Å². The van der Waals surface area contributed by atoms with Crippen molar-refractivity contribution >= 4 is 12.1 Å². The Morgan fingerprint density at radius 3 is 2.65 bits per heavy atom. The van der Waals surface area contributed by atoms with E-state index in [0.29, 0.717) is 12.3 Å². The topological polar surface area (TPSA) is 64.6 Å². The lowest BCUT2D eigenvalue weighted by molar-refractivity contribution is -0.145. The molecule has 0 aromatic heterocycles. The molecule has 1 saturated heterocycles. The van der Waals surface area contributed by atoms with Crippen LogP contribution in [-0.2, 0) is 14.3 Å². The highest BCUT2D eigenvalue weighted by molar-refractivity contribution is 5.74. The van der Waals surface area contributed by atoms with Crippen molar-refractivity contribution in [2.75, 3.05) is 0 Å². The van der Waals surface area contributed by atoms with Crippen LogP contribution in [-0.4, -0.2) is 29.8 Å². The van der Waals surface area contributed by atoms with E-state index < -0.39 is 11.7 Å². The quantitative estimate of drug-likeness (QED) is 0.571. The van der Waals surface area contributed by atoms with Gasteiger partial charge < -0.3 is 14.8 Å². The minimum Gasteiger partial charge on any atom is -0.460 e. The number of cyclic esters (lactones) is 1. The van der Waals surface area contributed by atoms with Crippen molar-refractivity contribution in [2.24, 2.45) is 11.8 Å². The summed E-state index contributed by atoms with van der Waals surface area (Å²) in [6.07, 6.45) is 4.45. The minimum absolute atomic E-state index is 0.119. The average Bonchev–Trinajstić information content (AvgIpc) is 2.73. The zero-order valence-electron chi connectivity index (χ0n) is 15.1. The Bertz CT molecular complexity index is 427. The van der Waals surface area contributed by atoms with Crippen LogP contribution in [0.1, 0.15) is 60.3 Å². The molecule has 0 radical (unpaired) electrons. The maximum absolute atomic E-state index is 12.1. The van der Waals surface area contributed by atoms with Crippen LogP contribution < -0.4 is 5.32 Å². The van der Waals surface area contributed by atoms with Crippen LogP contribution >= 0.6 is 0 Å². The maximum atomic E-state index is 12.1. The van der Waals surface area contributed by atoms with Gasteiger partial charge in [-0.25, -0.2) is 4.79 Å². The summed E-state index contributed by atoms with van der Waals surface area (Å²) < 4.78 is 10.8. The van der Waals surface area contributed by atoms with Gasteiger partial charge in [0.1, 0.15) is 11.7 Å². The van der Waals surface area contributed by atoms with Crippen molar-refractivity contribution in [3.63, 3.8) is 0 Å². The van der Waals surface area contributed by atoms with E-state index in [9.17, 15) is 9.59 Å². The first kappa shape index (κ1) is 19.5. The monoisotopic (exact) mass is 325 g/mol. The number of ether oxygens (including phenoxy) is 2. The number of amides is 1. The Balaban J connectivity index is 2.70. The van der Waals surface area contributed by atoms with Gasteiger partial charge in [-0.3, -0.25) is 4.79 Å². The van der Waals surface area contributed by atoms with Crippen LogP contribution in [0.3, 0.4) is 0 Å². The standard InChI is InChI=1S/C18H31NO4/c1-7-8-9-12(2)10-14(15-11-13(3)16(20)22-15)19-17(21)23-18(4,5)6/h7,12-15H,1,8-11H2,2-6H3,(H,19,21)/t12-,13?,14?,15?/m1/s1. The van der Waals surface area contributed by atoms with Crippen molar-refractivity contribution in [1.29, 1.82) is 0 Å². The first-order valence-electron chi connectivity index (χ1n) is 8.43. The molecule has 0 aromatic rings. The predicted octanol–water partition coefficient (Wildman–Crippen LogP) is 3.82. The molecule has 1 amide bonds. The number of allylic oxidation sites excluding steroid dienone is 1. The third-order valence-electron chi connectivity index (χ3n) is 3.93. The van der Waals surface area contributed by atoms with Crippen molar-refractivity contribution in [1.82, 2.24) is 5.32 Å². The van der Waals surface area contributed by atoms with E-state index in [1.165, 1.54) is 0 Å². The summed E-state index contributed by atoms with van der Waals surface area (Å²) in [5.74, 6) is 0.0821. The molecular formula is C18H31NO4. The second-order valence-corrected chi connectivity index (χ2v) is 7.57. The van der Waals surface area contributed by atoms with Crippen LogP contribution in [0.15, 0.2) is 12.7 Å². The summed E-state index contributed by atoms with van der Waals surface area (Å²) in [4.78, 5) is 23.8. The molecule has 0 saturated carbocycles. The fourth-order valence-corrected chi connectivity index (χ4v) is 2.72. The van der Waals surface area contributed by atoms with Crippen LogP contribution in [0, 0.1) is 11.8 Å². The number of carbonyl (C=O) groups excluding carboxylic acids is 2. The van der Waals surface area contributed by atoms with E-state index in [0.717, 1.165) is 19.3 Å². The molecule has 132 valence electrons. The zero-order chi connectivity index (χ0) is 17.6. The summed E-state index contributed by atoms with van der Waals surface area (Å²) in [7, 11) is 0. The molecular weight excluding hydrogens is 294 g/mol. The molecule has 0 bridgehead atoms. The van der Waals surface area contributed by atoms with Crippen molar-refractivity contribution in [3.8, 4) is 0 Å². The number of carbonyl (C=O) groups is 2. The molecule has 5 heteroatoms. The first-order valence-corrected chi connectivity index (χ1v) is 8.43. The molecule has 1 N–H and O–H groups in total. The van der Waals surface area contributed by atoms with E-state index >= 15 is 0 Å². The molecule has 23 heavy (non-hydrogen) atoms. The summed E-state index contributed by atoms with van der Waals surface area (Å²) in [6.45, 7) is 13.2. The molecule has 5 nitrogen and oxygen atoms in total. The molecule has 1 aliphatic heterocycles. The molecule has 1 heterocycles. The van der Waals surface area contributed by atoms with Gasteiger partial charge in [0.25, 0.3) is 0 Å². The lowest BCUT2D eigenvalue weighted by Crippen LogP contribution is -2.46. The molecule has 1 fully saturated rings. The molecule has 0 spiro atoms. The Morgan fingerprint density at radius 2 is 2.17 bits per heavy atom. The second kappa shape index (κ2) is 8.37. The van der Waals surface area contributed by atoms with Gasteiger partial charge in [-0.2, -0.15) is 0 Å². The van der Waals surface area contributed by atoms with Crippen molar-refractivity contribution in [2.45, 2.75) is 78.0 Å². The van der Waals surface area contributed by atoms with Gasteiger partial charge in [-0.15, -0.1) is 6.58 Å². The molecule has 1 rings (SSSR count). The van der Waals surface area contributed by atoms with Crippen molar-refractivity contribution < 1.29 is 19.1 Å². The van der Waals surface area contributed by atoms with Gasteiger partial charge >= 0.3 is 12.1 Å². The summed E-state index contributed by atoms with van der Waals surface area (Å²) in [5, 5.41) is 2.90. The normalized spacial score (nSPS) is 23.8. The van der Waals surface area contributed by atoms with Gasteiger partial charge in [0.05, 0.1) is 12.0 Å². The summed E-state index contributed by atoms with van der Waals surface area (Å²) >= 11 is 0. The number of alkyl carbamates (subject to hydrolysis) is 1. The maximum Gasteiger partial charge on any atom is 0.408 e. The fourth-order valence-electron chi connectivity index (χ4n) is 2.72. The lowest BCUT2D eigenvalue weighted by atomic mass is 9.92. The van der Waals surface area contributed by atoms with E-state index in [1.807, 2.05) is 33.8 Å². The van der Waals surface area contributed by atoms with Crippen LogP contribution in [0.2, 0.25) is 0 Å². The number of esters is 1. The van der Waals surface area contributed by atoms with Crippen LogP contribution in [0.4, 0.5) is 4.79 Å². The largest absolute Gasteiger partial charge is 0.460 e.